The Morgan fingerprint density at radius 2 is 2.00 bits per heavy atom. The Hall–Kier alpha value is -1.09. The van der Waals surface area contributed by atoms with Crippen molar-refractivity contribution in [2.75, 3.05) is 6.61 Å². The number of para-hydroxylation sites is 1. The Morgan fingerprint density at radius 1 is 1.35 bits per heavy atom. The Bertz CT molecular complexity index is 372. The molecule has 0 bridgehead atoms. The summed E-state index contributed by atoms with van der Waals surface area (Å²) >= 11 is 0. The van der Waals surface area contributed by atoms with Gasteiger partial charge >= 0.3 is 0 Å². The first-order valence-electron chi connectivity index (χ1n) is 6.32. The Morgan fingerprint density at radius 3 is 2.65 bits per heavy atom. The third-order valence-electron chi connectivity index (χ3n) is 3.49. The maximum Gasteiger partial charge on any atom is 0.139 e. The van der Waals surface area contributed by atoms with Gasteiger partial charge in [0.2, 0.25) is 0 Å². The van der Waals surface area contributed by atoms with Crippen molar-refractivity contribution in [1.82, 2.24) is 0 Å². The first-order valence-corrected chi connectivity index (χ1v) is 6.32. The summed E-state index contributed by atoms with van der Waals surface area (Å²) in [6.07, 6.45) is 2.49. The highest BCUT2D eigenvalue weighted by molar-refractivity contribution is 5.38. The molecule has 0 radical (unpaired) electrons. The molecule has 1 aromatic carbocycles. The van der Waals surface area contributed by atoms with E-state index in [1.54, 1.807) is 0 Å². The molecule has 17 heavy (non-hydrogen) atoms. The van der Waals surface area contributed by atoms with Crippen LogP contribution in [-0.2, 0) is 5.67 Å². The van der Waals surface area contributed by atoms with Crippen LogP contribution in [0.4, 0.5) is 4.39 Å². The van der Waals surface area contributed by atoms with Gasteiger partial charge in [-0.2, -0.15) is 0 Å². The molecule has 3 heteroatoms. The predicted molar refractivity (Wildman–Crippen MR) is 66.8 cm³/mol. The highest BCUT2D eigenvalue weighted by Crippen LogP contribution is 2.44. The molecule has 0 atom stereocenters. The van der Waals surface area contributed by atoms with E-state index in [0.717, 1.165) is 12.8 Å². The second kappa shape index (κ2) is 5.05. The van der Waals surface area contributed by atoms with Crippen LogP contribution in [0.5, 0.6) is 5.75 Å². The van der Waals surface area contributed by atoms with Crippen LogP contribution >= 0.6 is 0 Å². The number of nitrogens with two attached hydrogens (primary N) is 1. The first kappa shape index (κ1) is 12.4. The maximum absolute atomic E-state index is 14.9. The summed E-state index contributed by atoms with van der Waals surface area (Å²) in [5.74, 6) is 0.674. The molecule has 2 rings (SSSR count). The van der Waals surface area contributed by atoms with Gasteiger partial charge in [0, 0.05) is 11.6 Å². The van der Waals surface area contributed by atoms with Crippen LogP contribution in [-0.4, -0.2) is 12.6 Å². The third kappa shape index (κ3) is 2.60. The first-order chi connectivity index (χ1) is 8.15. The highest BCUT2D eigenvalue weighted by atomic mass is 19.1. The predicted octanol–water partition coefficient (Wildman–Crippen LogP) is 3.15. The molecular formula is C14H20FNO. The fourth-order valence-corrected chi connectivity index (χ4v) is 2.49. The van der Waals surface area contributed by atoms with Crippen LogP contribution in [0.25, 0.3) is 0 Å². The molecule has 0 heterocycles. The van der Waals surface area contributed by atoms with E-state index in [2.05, 4.69) is 0 Å². The van der Waals surface area contributed by atoms with Gasteiger partial charge in [-0.25, -0.2) is 4.39 Å². The number of hydrogen-bond acceptors (Lipinski definition) is 2. The Kier molecular flexibility index (Phi) is 3.67. The molecule has 0 aliphatic heterocycles. The van der Waals surface area contributed by atoms with E-state index in [9.17, 15) is 4.39 Å². The number of benzene rings is 1. The summed E-state index contributed by atoms with van der Waals surface area (Å²) in [5.41, 5.74) is 5.26. The van der Waals surface area contributed by atoms with Crippen LogP contribution < -0.4 is 10.5 Å². The summed E-state index contributed by atoms with van der Waals surface area (Å²) in [4.78, 5) is 0. The van der Waals surface area contributed by atoms with Gasteiger partial charge in [0.25, 0.3) is 0 Å². The fourth-order valence-electron chi connectivity index (χ4n) is 2.49. The van der Waals surface area contributed by atoms with Crippen molar-refractivity contribution in [2.45, 2.75) is 44.3 Å². The van der Waals surface area contributed by atoms with Gasteiger partial charge in [0.1, 0.15) is 11.4 Å². The van der Waals surface area contributed by atoms with Gasteiger partial charge < -0.3 is 10.5 Å². The second-order valence-corrected chi connectivity index (χ2v) is 4.73. The maximum atomic E-state index is 14.9. The summed E-state index contributed by atoms with van der Waals surface area (Å²) in [7, 11) is 0. The zero-order valence-electron chi connectivity index (χ0n) is 10.3. The minimum atomic E-state index is -1.26. The van der Waals surface area contributed by atoms with Crippen LogP contribution in [0.1, 0.15) is 38.2 Å². The molecule has 0 saturated heterocycles. The van der Waals surface area contributed by atoms with Crippen LogP contribution in [0, 0.1) is 0 Å². The normalized spacial score (nSPS) is 29.0. The smallest absolute Gasteiger partial charge is 0.139 e. The van der Waals surface area contributed by atoms with Crippen molar-refractivity contribution in [2.24, 2.45) is 5.73 Å². The van der Waals surface area contributed by atoms with E-state index in [1.807, 2.05) is 31.2 Å². The molecule has 1 aliphatic carbocycles. The molecule has 1 saturated carbocycles. The average molecular weight is 237 g/mol. The van der Waals surface area contributed by atoms with Crippen molar-refractivity contribution < 1.29 is 9.13 Å². The lowest BCUT2D eigenvalue weighted by atomic mass is 9.79. The number of hydrogen-bond donors (Lipinski definition) is 1. The highest BCUT2D eigenvalue weighted by Gasteiger charge is 2.38. The van der Waals surface area contributed by atoms with Gasteiger partial charge in [0.15, 0.2) is 0 Å². The van der Waals surface area contributed by atoms with Gasteiger partial charge in [-0.15, -0.1) is 0 Å². The van der Waals surface area contributed by atoms with E-state index in [0.29, 0.717) is 30.8 Å². The Labute approximate surface area is 102 Å². The number of ether oxygens (including phenoxy) is 1. The van der Waals surface area contributed by atoms with Crippen LogP contribution in [0.3, 0.4) is 0 Å². The van der Waals surface area contributed by atoms with E-state index < -0.39 is 5.67 Å². The lowest BCUT2D eigenvalue weighted by Crippen LogP contribution is -2.34. The molecule has 1 aliphatic rings. The molecule has 94 valence electrons. The molecule has 0 unspecified atom stereocenters. The zero-order valence-corrected chi connectivity index (χ0v) is 10.3. The fraction of sp³-hybridized carbons (Fsp3) is 0.571. The number of rotatable bonds is 3. The van der Waals surface area contributed by atoms with E-state index in [1.165, 1.54) is 0 Å². The van der Waals surface area contributed by atoms with E-state index >= 15 is 0 Å². The SMILES string of the molecule is CCOc1ccccc1C1(F)CCC(N)CC1. The lowest BCUT2D eigenvalue weighted by Gasteiger charge is -2.33. The van der Waals surface area contributed by atoms with Crippen molar-refractivity contribution in [1.29, 1.82) is 0 Å². The second-order valence-electron chi connectivity index (χ2n) is 4.73. The molecule has 0 aromatic heterocycles. The third-order valence-corrected chi connectivity index (χ3v) is 3.49. The van der Waals surface area contributed by atoms with Gasteiger partial charge in [-0.1, -0.05) is 18.2 Å². The summed E-state index contributed by atoms with van der Waals surface area (Å²) in [6.45, 7) is 2.48. The molecule has 1 aromatic rings. The van der Waals surface area contributed by atoms with Gasteiger partial charge in [-0.05, 0) is 38.7 Å². The number of alkyl halides is 1. The zero-order chi connectivity index (χ0) is 12.3. The molecule has 0 amide bonds. The molecule has 1 fully saturated rings. The van der Waals surface area contributed by atoms with Gasteiger partial charge in [-0.3, -0.25) is 0 Å². The molecule has 2 nitrogen and oxygen atoms in total. The number of halogens is 1. The van der Waals surface area contributed by atoms with E-state index in [4.69, 9.17) is 10.5 Å². The monoisotopic (exact) mass is 237 g/mol. The largest absolute Gasteiger partial charge is 0.493 e. The van der Waals surface area contributed by atoms with Crippen molar-refractivity contribution >= 4 is 0 Å². The van der Waals surface area contributed by atoms with Crippen LogP contribution in [0.2, 0.25) is 0 Å². The lowest BCUT2D eigenvalue weighted by molar-refractivity contribution is 0.0937. The molecular weight excluding hydrogens is 217 g/mol. The standard InChI is InChI=1S/C14H20FNO/c1-2-17-13-6-4-3-5-12(13)14(15)9-7-11(16)8-10-14/h3-6,11H,2,7-10,16H2,1H3. The van der Waals surface area contributed by atoms with Crippen molar-refractivity contribution in [3.8, 4) is 5.75 Å². The van der Waals surface area contributed by atoms with Crippen molar-refractivity contribution in [3.63, 3.8) is 0 Å². The minimum absolute atomic E-state index is 0.151. The quantitative estimate of drug-likeness (QED) is 0.876. The molecule has 0 spiro atoms. The van der Waals surface area contributed by atoms with Crippen molar-refractivity contribution in [3.05, 3.63) is 29.8 Å². The summed E-state index contributed by atoms with van der Waals surface area (Å²) < 4.78 is 20.4. The summed E-state index contributed by atoms with van der Waals surface area (Å²) in [6, 6.07) is 7.58. The molecule has 2 N–H and O–H groups in total. The topological polar surface area (TPSA) is 35.2 Å². The Balaban J connectivity index is 2.26. The summed E-state index contributed by atoms with van der Waals surface area (Å²) in [5, 5.41) is 0. The van der Waals surface area contributed by atoms with E-state index in [-0.39, 0.29) is 6.04 Å². The average Bonchev–Trinajstić information content (AvgIpc) is 2.34. The van der Waals surface area contributed by atoms with Gasteiger partial charge in [0.05, 0.1) is 6.61 Å². The minimum Gasteiger partial charge on any atom is -0.493 e. The van der Waals surface area contributed by atoms with Crippen LogP contribution in [0.15, 0.2) is 24.3 Å².